The summed E-state index contributed by atoms with van der Waals surface area (Å²) in [6.45, 7) is 0.335. The van der Waals surface area contributed by atoms with Crippen molar-refractivity contribution in [1.82, 2.24) is 4.90 Å². The van der Waals surface area contributed by atoms with E-state index in [4.69, 9.17) is 4.74 Å². The molecular weight excluding hydrogens is 401 g/mol. The Bertz CT molecular complexity index is 1270. The highest BCUT2D eigenvalue weighted by Crippen LogP contribution is 2.33. The van der Waals surface area contributed by atoms with Crippen LogP contribution in [0.5, 0.6) is 5.75 Å². The van der Waals surface area contributed by atoms with Crippen molar-refractivity contribution in [2.75, 3.05) is 7.11 Å². The number of hydrogen-bond donors (Lipinski definition) is 0. The van der Waals surface area contributed by atoms with Crippen LogP contribution in [-0.4, -0.2) is 24.0 Å². The van der Waals surface area contributed by atoms with Gasteiger partial charge in [0.2, 0.25) is 0 Å². The Kier molecular flexibility index (Phi) is 5.36. The zero-order valence-corrected chi connectivity index (χ0v) is 17.9. The minimum atomic E-state index is -0.299. The molecule has 4 aromatic carbocycles. The molecule has 0 aromatic heterocycles. The van der Waals surface area contributed by atoms with Crippen LogP contribution in [0.1, 0.15) is 27.0 Å². The molecule has 4 aromatic rings. The normalized spacial score (nSPS) is 13.2. The van der Waals surface area contributed by atoms with E-state index in [1.165, 1.54) is 23.3 Å². The number of methoxy groups -OCH3 is 1. The fourth-order valence-electron chi connectivity index (χ4n) is 4.74. The smallest absolute Gasteiger partial charge is 0.258 e. The van der Waals surface area contributed by atoms with E-state index in [9.17, 15) is 9.18 Å². The van der Waals surface area contributed by atoms with Gasteiger partial charge in [-0.2, -0.15) is 0 Å². The Balaban J connectivity index is 1.59. The van der Waals surface area contributed by atoms with Gasteiger partial charge in [-0.25, -0.2) is 4.39 Å². The van der Waals surface area contributed by atoms with Gasteiger partial charge in [-0.15, -0.1) is 0 Å². The number of halogens is 1. The van der Waals surface area contributed by atoms with Gasteiger partial charge in [0.05, 0.1) is 12.7 Å². The van der Waals surface area contributed by atoms with E-state index in [1.807, 2.05) is 59.5 Å². The monoisotopic (exact) mass is 425 g/mol. The molecular formula is C28H24FNO2. The average Bonchev–Trinajstić information content (AvgIpc) is 3.25. The van der Waals surface area contributed by atoms with Crippen molar-refractivity contribution in [1.29, 1.82) is 0 Å². The summed E-state index contributed by atoms with van der Waals surface area (Å²) in [5.41, 5.74) is 3.85. The molecule has 160 valence electrons. The van der Waals surface area contributed by atoms with Crippen molar-refractivity contribution < 1.29 is 13.9 Å². The van der Waals surface area contributed by atoms with Crippen LogP contribution in [0.4, 0.5) is 4.39 Å². The highest BCUT2D eigenvalue weighted by Gasteiger charge is 2.32. The molecule has 1 aliphatic rings. The van der Waals surface area contributed by atoms with Gasteiger partial charge in [-0.3, -0.25) is 4.79 Å². The van der Waals surface area contributed by atoms with Crippen molar-refractivity contribution in [2.45, 2.75) is 25.4 Å². The van der Waals surface area contributed by atoms with Crippen LogP contribution in [0.2, 0.25) is 0 Å². The maximum absolute atomic E-state index is 14.1. The molecule has 5 rings (SSSR count). The summed E-state index contributed by atoms with van der Waals surface area (Å²) >= 11 is 0. The van der Waals surface area contributed by atoms with Crippen LogP contribution in [0.15, 0.2) is 84.9 Å². The van der Waals surface area contributed by atoms with Gasteiger partial charge < -0.3 is 9.64 Å². The zero-order chi connectivity index (χ0) is 22.1. The van der Waals surface area contributed by atoms with Gasteiger partial charge in [-0.1, -0.05) is 66.7 Å². The third-order valence-electron chi connectivity index (χ3n) is 6.30. The molecule has 3 nitrogen and oxygen atoms in total. The fourth-order valence-corrected chi connectivity index (χ4v) is 4.74. The molecule has 0 N–H and O–H groups in total. The van der Waals surface area contributed by atoms with E-state index < -0.39 is 0 Å². The molecule has 1 amide bonds. The summed E-state index contributed by atoms with van der Waals surface area (Å²) in [5.74, 6) is 0.154. The summed E-state index contributed by atoms with van der Waals surface area (Å²) in [6.07, 6.45) is 1.56. The molecule has 4 heteroatoms. The minimum Gasteiger partial charge on any atom is -0.496 e. The summed E-state index contributed by atoms with van der Waals surface area (Å²) in [6, 6.07) is 26.4. The van der Waals surface area contributed by atoms with Gasteiger partial charge in [-0.05, 0) is 58.5 Å². The molecule has 0 saturated carbocycles. The van der Waals surface area contributed by atoms with Crippen LogP contribution in [-0.2, 0) is 19.4 Å². The second-order valence-electron chi connectivity index (χ2n) is 8.26. The molecule has 0 atom stereocenters. The van der Waals surface area contributed by atoms with E-state index in [2.05, 4.69) is 12.1 Å². The lowest BCUT2D eigenvalue weighted by Crippen LogP contribution is -2.40. The van der Waals surface area contributed by atoms with Crippen LogP contribution in [0.3, 0.4) is 0 Å². The SMILES string of the molecule is COc1ccc2ccccc2c1C(=O)N(Cc1cccc(F)c1)C1Cc2ccccc2C1. The molecule has 0 heterocycles. The molecule has 0 bridgehead atoms. The molecule has 1 aliphatic carbocycles. The second kappa shape index (κ2) is 8.46. The van der Waals surface area contributed by atoms with Crippen LogP contribution < -0.4 is 4.74 Å². The first kappa shape index (κ1) is 20.3. The van der Waals surface area contributed by atoms with E-state index in [-0.39, 0.29) is 17.8 Å². The fraction of sp³-hybridized carbons (Fsp3) is 0.179. The van der Waals surface area contributed by atoms with Gasteiger partial charge >= 0.3 is 0 Å². The zero-order valence-electron chi connectivity index (χ0n) is 17.9. The summed E-state index contributed by atoms with van der Waals surface area (Å²) < 4.78 is 19.5. The molecule has 0 saturated heterocycles. The minimum absolute atomic E-state index is 0.00755. The molecule has 32 heavy (non-hydrogen) atoms. The molecule has 0 spiro atoms. The first-order valence-corrected chi connectivity index (χ1v) is 10.8. The summed E-state index contributed by atoms with van der Waals surface area (Å²) in [5, 5.41) is 1.84. The summed E-state index contributed by atoms with van der Waals surface area (Å²) in [7, 11) is 1.59. The van der Waals surface area contributed by atoms with E-state index >= 15 is 0 Å². The number of ether oxygens (including phenoxy) is 1. The van der Waals surface area contributed by atoms with Crippen LogP contribution in [0, 0.1) is 5.82 Å². The number of carbonyl (C=O) groups is 1. The Morgan fingerprint density at radius 2 is 1.66 bits per heavy atom. The molecule has 0 fully saturated rings. The van der Waals surface area contributed by atoms with E-state index in [1.54, 1.807) is 13.2 Å². The third kappa shape index (κ3) is 3.73. The van der Waals surface area contributed by atoms with Crippen molar-refractivity contribution in [3.63, 3.8) is 0 Å². The standard InChI is InChI=1S/C28H24FNO2/c1-32-26-14-13-20-8-4-5-12-25(20)27(26)28(31)30(18-19-7-6-11-23(29)15-19)24-16-21-9-2-3-10-22(21)17-24/h2-15,24H,16-18H2,1H3. The third-order valence-corrected chi connectivity index (χ3v) is 6.30. The Morgan fingerprint density at radius 3 is 2.38 bits per heavy atom. The molecule has 0 aliphatic heterocycles. The number of amides is 1. The Morgan fingerprint density at radius 1 is 0.938 bits per heavy atom. The predicted octanol–water partition coefficient (Wildman–Crippen LogP) is 5.80. The summed E-state index contributed by atoms with van der Waals surface area (Å²) in [4.78, 5) is 16.0. The topological polar surface area (TPSA) is 29.5 Å². The number of fused-ring (bicyclic) bond motifs is 2. The maximum Gasteiger partial charge on any atom is 0.258 e. The number of benzene rings is 4. The van der Waals surface area contributed by atoms with Crippen LogP contribution >= 0.6 is 0 Å². The van der Waals surface area contributed by atoms with Gasteiger partial charge in [0, 0.05) is 12.6 Å². The van der Waals surface area contributed by atoms with Gasteiger partial charge in [0.15, 0.2) is 0 Å². The number of rotatable bonds is 5. The van der Waals surface area contributed by atoms with Gasteiger partial charge in [0.1, 0.15) is 11.6 Å². The highest BCUT2D eigenvalue weighted by molar-refractivity contribution is 6.09. The lowest BCUT2D eigenvalue weighted by atomic mass is 10.0. The van der Waals surface area contributed by atoms with Crippen molar-refractivity contribution in [3.8, 4) is 5.75 Å². The number of hydrogen-bond acceptors (Lipinski definition) is 2. The Labute approximate surface area is 187 Å². The van der Waals surface area contributed by atoms with Crippen molar-refractivity contribution in [2.24, 2.45) is 0 Å². The number of nitrogens with zero attached hydrogens (tertiary/aromatic N) is 1. The van der Waals surface area contributed by atoms with Gasteiger partial charge in [0.25, 0.3) is 5.91 Å². The first-order chi connectivity index (χ1) is 15.6. The highest BCUT2D eigenvalue weighted by atomic mass is 19.1. The molecule has 0 unspecified atom stereocenters. The number of carbonyl (C=O) groups excluding carboxylic acids is 1. The van der Waals surface area contributed by atoms with Crippen molar-refractivity contribution in [3.05, 3.63) is 113 Å². The average molecular weight is 426 g/mol. The first-order valence-electron chi connectivity index (χ1n) is 10.8. The van der Waals surface area contributed by atoms with Crippen LogP contribution in [0.25, 0.3) is 10.8 Å². The quantitative estimate of drug-likeness (QED) is 0.405. The van der Waals surface area contributed by atoms with E-state index in [0.29, 0.717) is 17.9 Å². The van der Waals surface area contributed by atoms with Crippen molar-refractivity contribution >= 4 is 16.7 Å². The molecule has 0 radical (unpaired) electrons. The lowest BCUT2D eigenvalue weighted by Gasteiger charge is -2.30. The Hall–Kier alpha value is -3.66. The van der Waals surface area contributed by atoms with E-state index in [0.717, 1.165) is 29.2 Å². The lowest BCUT2D eigenvalue weighted by molar-refractivity contribution is 0.0666. The maximum atomic E-state index is 14.1. The largest absolute Gasteiger partial charge is 0.496 e. The second-order valence-corrected chi connectivity index (χ2v) is 8.26. The predicted molar refractivity (Wildman–Crippen MR) is 124 cm³/mol.